The van der Waals surface area contributed by atoms with Gasteiger partial charge in [0.2, 0.25) is 5.91 Å². The molecule has 0 saturated heterocycles. The van der Waals surface area contributed by atoms with E-state index >= 15 is 0 Å². The number of aryl methyl sites for hydroxylation is 2. The lowest BCUT2D eigenvalue weighted by Crippen LogP contribution is -2.46. The summed E-state index contributed by atoms with van der Waals surface area (Å²) < 4.78 is 5.48. The van der Waals surface area contributed by atoms with E-state index in [4.69, 9.17) is 4.74 Å². The highest BCUT2D eigenvalue weighted by Gasteiger charge is 2.47. The Morgan fingerprint density at radius 1 is 1.09 bits per heavy atom. The Kier molecular flexibility index (Phi) is 4.12. The molecule has 3 nitrogen and oxygen atoms in total. The van der Waals surface area contributed by atoms with Crippen molar-refractivity contribution in [3.8, 4) is 5.75 Å². The Bertz CT molecular complexity index is 732. The predicted molar refractivity (Wildman–Crippen MR) is 93.1 cm³/mol. The summed E-state index contributed by atoms with van der Waals surface area (Å²) in [6.45, 7) is 4.13. The number of carbonyl (C=O) groups excluding carboxylic acids is 1. The van der Waals surface area contributed by atoms with Crippen LogP contribution in [0.5, 0.6) is 5.75 Å². The summed E-state index contributed by atoms with van der Waals surface area (Å²) >= 11 is 0. The molecule has 0 unspecified atom stereocenters. The minimum atomic E-state index is -0.467. The predicted octanol–water partition coefficient (Wildman–Crippen LogP) is 4.37. The third kappa shape index (κ3) is 2.72. The van der Waals surface area contributed by atoms with Gasteiger partial charge in [0.1, 0.15) is 5.75 Å². The van der Waals surface area contributed by atoms with Crippen molar-refractivity contribution in [3.05, 3.63) is 59.2 Å². The highest BCUT2D eigenvalue weighted by Crippen LogP contribution is 2.47. The van der Waals surface area contributed by atoms with Gasteiger partial charge < -0.3 is 10.1 Å². The van der Waals surface area contributed by atoms with Crippen LogP contribution in [0.25, 0.3) is 0 Å². The van der Waals surface area contributed by atoms with E-state index in [0.29, 0.717) is 0 Å². The van der Waals surface area contributed by atoms with Crippen molar-refractivity contribution in [1.82, 2.24) is 0 Å². The van der Waals surface area contributed by atoms with E-state index in [1.165, 1.54) is 11.1 Å². The van der Waals surface area contributed by atoms with Crippen molar-refractivity contribution in [2.24, 2.45) is 0 Å². The zero-order valence-corrected chi connectivity index (χ0v) is 14.0. The summed E-state index contributed by atoms with van der Waals surface area (Å²) in [5.74, 6) is 0.860. The summed E-state index contributed by atoms with van der Waals surface area (Å²) in [5, 5.41) is 3.11. The van der Waals surface area contributed by atoms with Gasteiger partial charge in [-0.1, -0.05) is 30.7 Å². The van der Waals surface area contributed by atoms with Crippen molar-refractivity contribution < 1.29 is 9.53 Å². The van der Waals surface area contributed by atoms with Crippen LogP contribution in [-0.2, 0) is 10.2 Å². The smallest absolute Gasteiger partial charge is 0.235 e. The number of rotatable bonds is 4. The number of nitrogens with one attached hydrogen (secondary N) is 1. The van der Waals surface area contributed by atoms with Crippen molar-refractivity contribution in [2.45, 2.75) is 38.5 Å². The molecular formula is C20H23NO2. The van der Waals surface area contributed by atoms with E-state index in [1.54, 1.807) is 7.11 Å². The molecule has 2 aromatic carbocycles. The molecule has 1 N–H and O–H groups in total. The highest BCUT2D eigenvalue weighted by atomic mass is 16.5. The number of anilines is 1. The molecule has 2 aromatic rings. The lowest BCUT2D eigenvalue weighted by Gasteiger charge is -2.41. The van der Waals surface area contributed by atoms with E-state index in [0.717, 1.165) is 36.3 Å². The van der Waals surface area contributed by atoms with Gasteiger partial charge in [-0.2, -0.15) is 0 Å². The van der Waals surface area contributed by atoms with Gasteiger partial charge >= 0.3 is 0 Å². The Labute approximate surface area is 137 Å². The molecule has 1 amide bonds. The van der Waals surface area contributed by atoms with E-state index in [1.807, 2.05) is 42.5 Å². The van der Waals surface area contributed by atoms with Gasteiger partial charge in [-0.05, 0) is 56.0 Å². The molecule has 0 aliphatic heterocycles. The van der Waals surface area contributed by atoms with Gasteiger partial charge in [0.25, 0.3) is 0 Å². The average molecular weight is 309 g/mol. The fourth-order valence-corrected chi connectivity index (χ4v) is 3.26. The van der Waals surface area contributed by atoms with Crippen molar-refractivity contribution >= 4 is 11.6 Å². The summed E-state index contributed by atoms with van der Waals surface area (Å²) in [7, 11) is 1.66. The molecule has 1 aliphatic rings. The number of ether oxygens (including phenoxy) is 1. The highest BCUT2D eigenvalue weighted by molar-refractivity contribution is 6.00. The molecule has 3 heteroatoms. The van der Waals surface area contributed by atoms with Crippen LogP contribution in [0.2, 0.25) is 0 Å². The third-order valence-corrected chi connectivity index (χ3v) is 5.03. The molecule has 1 saturated carbocycles. The molecule has 3 rings (SSSR count). The number of benzene rings is 2. The molecule has 0 aromatic heterocycles. The number of carbonyl (C=O) groups is 1. The third-order valence-electron chi connectivity index (χ3n) is 5.03. The largest absolute Gasteiger partial charge is 0.496 e. The minimum Gasteiger partial charge on any atom is -0.496 e. The Morgan fingerprint density at radius 2 is 1.83 bits per heavy atom. The Hall–Kier alpha value is -2.29. The number of methoxy groups -OCH3 is 1. The molecule has 0 bridgehead atoms. The zero-order chi connectivity index (χ0) is 16.4. The molecule has 1 fully saturated rings. The summed E-state index contributed by atoms with van der Waals surface area (Å²) in [5.41, 5.74) is 3.80. The number of para-hydroxylation sites is 1. The lowest BCUT2D eigenvalue weighted by atomic mass is 9.63. The van der Waals surface area contributed by atoms with E-state index in [-0.39, 0.29) is 5.91 Å². The van der Waals surface area contributed by atoms with Gasteiger partial charge in [0, 0.05) is 11.3 Å². The first-order valence-electron chi connectivity index (χ1n) is 8.09. The fraction of sp³-hybridized carbons (Fsp3) is 0.350. The molecule has 0 spiro atoms. The molecule has 0 radical (unpaired) electrons. The summed E-state index contributed by atoms with van der Waals surface area (Å²) in [4.78, 5) is 13.0. The van der Waals surface area contributed by atoms with Crippen LogP contribution >= 0.6 is 0 Å². The van der Waals surface area contributed by atoms with Crippen LogP contribution in [0.15, 0.2) is 42.5 Å². The summed E-state index contributed by atoms with van der Waals surface area (Å²) in [6, 6.07) is 13.9. The molecule has 0 atom stereocenters. The topological polar surface area (TPSA) is 38.3 Å². The molecule has 0 heterocycles. The first kappa shape index (κ1) is 15.6. The van der Waals surface area contributed by atoms with Crippen LogP contribution in [0, 0.1) is 13.8 Å². The first-order valence-corrected chi connectivity index (χ1v) is 8.09. The van der Waals surface area contributed by atoms with E-state index in [9.17, 15) is 4.79 Å². The normalized spacial score (nSPS) is 15.6. The molecular weight excluding hydrogens is 286 g/mol. The van der Waals surface area contributed by atoms with Gasteiger partial charge in [0.15, 0.2) is 0 Å². The van der Waals surface area contributed by atoms with Gasteiger partial charge in [-0.25, -0.2) is 0 Å². The maximum atomic E-state index is 13.0. The second-order valence-electron chi connectivity index (χ2n) is 6.39. The molecule has 23 heavy (non-hydrogen) atoms. The van der Waals surface area contributed by atoms with Crippen LogP contribution < -0.4 is 10.1 Å². The lowest BCUT2D eigenvalue weighted by molar-refractivity contribution is -0.124. The van der Waals surface area contributed by atoms with Crippen molar-refractivity contribution in [1.29, 1.82) is 0 Å². The van der Waals surface area contributed by atoms with Crippen LogP contribution in [-0.4, -0.2) is 13.0 Å². The van der Waals surface area contributed by atoms with E-state index in [2.05, 4.69) is 19.2 Å². The second kappa shape index (κ2) is 6.07. The van der Waals surface area contributed by atoms with Gasteiger partial charge in [-0.15, -0.1) is 0 Å². The quantitative estimate of drug-likeness (QED) is 0.910. The second-order valence-corrected chi connectivity index (χ2v) is 6.39. The Morgan fingerprint density at radius 3 is 2.43 bits per heavy atom. The maximum absolute atomic E-state index is 13.0. The van der Waals surface area contributed by atoms with Crippen LogP contribution in [0.4, 0.5) is 5.69 Å². The van der Waals surface area contributed by atoms with Crippen molar-refractivity contribution in [2.75, 3.05) is 12.4 Å². The van der Waals surface area contributed by atoms with Crippen LogP contribution in [0.1, 0.15) is 36.0 Å². The number of amides is 1. The fourth-order valence-electron chi connectivity index (χ4n) is 3.26. The van der Waals surface area contributed by atoms with Gasteiger partial charge in [0.05, 0.1) is 12.5 Å². The molecule has 1 aliphatic carbocycles. The SMILES string of the molecule is COc1ccccc1C1(C(=O)Nc2ccc(C)c(C)c2)CCC1. The van der Waals surface area contributed by atoms with E-state index < -0.39 is 5.41 Å². The maximum Gasteiger partial charge on any atom is 0.235 e. The summed E-state index contributed by atoms with van der Waals surface area (Å²) in [6.07, 6.45) is 2.80. The Balaban J connectivity index is 1.90. The monoisotopic (exact) mass is 309 g/mol. The number of hydrogen-bond donors (Lipinski definition) is 1. The van der Waals surface area contributed by atoms with Crippen molar-refractivity contribution in [3.63, 3.8) is 0 Å². The standard InChI is InChI=1S/C20H23NO2/c1-14-9-10-16(13-15(14)2)21-19(22)20(11-6-12-20)17-7-4-5-8-18(17)23-3/h4-5,7-10,13H,6,11-12H2,1-3H3,(H,21,22). The zero-order valence-electron chi connectivity index (χ0n) is 14.0. The number of hydrogen-bond acceptors (Lipinski definition) is 2. The minimum absolute atomic E-state index is 0.0662. The first-order chi connectivity index (χ1) is 11.1. The van der Waals surface area contributed by atoms with Gasteiger partial charge in [-0.3, -0.25) is 4.79 Å². The average Bonchev–Trinajstić information content (AvgIpc) is 2.50. The van der Waals surface area contributed by atoms with Crippen LogP contribution in [0.3, 0.4) is 0 Å². The molecule has 120 valence electrons.